The zero-order valence-electron chi connectivity index (χ0n) is 20.7. The van der Waals surface area contributed by atoms with Gasteiger partial charge in [-0.05, 0) is 49.2 Å². The summed E-state index contributed by atoms with van der Waals surface area (Å²) in [5.41, 5.74) is 8.51. The summed E-state index contributed by atoms with van der Waals surface area (Å²) in [6.45, 7) is 4.16. The van der Waals surface area contributed by atoms with Crippen LogP contribution in [0.1, 0.15) is 11.4 Å². The number of aryl methyl sites for hydroxylation is 1. The first kappa shape index (κ1) is 22.6. The van der Waals surface area contributed by atoms with Crippen LogP contribution in [0.5, 0.6) is 11.5 Å². The largest absolute Gasteiger partial charge is 0.457 e. The summed E-state index contributed by atoms with van der Waals surface area (Å²) in [5.74, 6) is 1.48. The Bertz CT molecular complexity index is 1670. The maximum Gasteiger partial charge on any atom is 0.129 e. The molecular formula is C32H26N4O. The Morgan fingerprint density at radius 2 is 1.24 bits per heavy atom. The van der Waals surface area contributed by atoms with Crippen LogP contribution in [0, 0.1) is 13.8 Å². The topological polar surface area (TPSA) is 44.9 Å². The average molecular weight is 483 g/mol. The van der Waals surface area contributed by atoms with E-state index in [4.69, 9.17) is 9.84 Å². The molecule has 0 fully saturated rings. The molecule has 0 radical (unpaired) electrons. The fourth-order valence-electron chi connectivity index (χ4n) is 4.66. The Hall–Kier alpha value is -4.90. The average Bonchev–Trinajstić information content (AvgIpc) is 3.55. The molecule has 2 heterocycles. The summed E-state index contributed by atoms with van der Waals surface area (Å²) in [4.78, 5) is 0. The van der Waals surface area contributed by atoms with Gasteiger partial charge in [0.2, 0.25) is 0 Å². The third-order valence-corrected chi connectivity index (χ3v) is 6.42. The highest BCUT2D eigenvalue weighted by Gasteiger charge is 2.15. The molecule has 0 saturated heterocycles. The van der Waals surface area contributed by atoms with Gasteiger partial charge in [-0.2, -0.15) is 10.2 Å². The highest BCUT2D eigenvalue weighted by Crippen LogP contribution is 2.31. The minimum Gasteiger partial charge on any atom is -0.457 e. The maximum absolute atomic E-state index is 6.27. The van der Waals surface area contributed by atoms with Crippen molar-refractivity contribution in [2.45, 2.75) is 13.8 Å². The highest BCUT2D eigenvalue weighted by atomic mass is 16.5. The quantitative estimate of drug-likeness (QED) is 0.243. The molecule has 2 aromatic heterocycles. The van der Waals surface area contributed by atoms with Crippen molar-refractivity contribution in [1.29, 1.82) is 0 Å². The number of rotatable bonds is 6. The minimum absolute atomic E-state index is 0.741. The molecule has 0 bridgehead atoms. The summed E-state index contributed by atoms with van der Waals surface area (Å²) < 4.78 is 10.1. The summed E-state index contributed by atoms with van der Waals surface area (Å²) in [7, 11) is 0. The SMILES string of the molecule is Cc1nn(-c2cccc(Oc3cccc(-n4cc(-c5ccccc5)cn4)c3)c2)c(C)c1-c1ccccc1. The van der Waals surface area contributed by atoms with E-state index in [2.05, 4.69) is 55.3 Å². The first-order chi connectivity index (χ1) is 18.2. The lowest BCUT2D eigenvalue weighted by Gasteiger charge is -2.11. The van der Waals surface area contributed by atoms with Crippen LogP contribution in [0.2, 0.25) is 0 Å². The Morgan fingerprint density at radius 3 is 1.95 bits per heavy atom. The van der Waals surface area contributed by atoms with Gasteiger partial charge in [-0.15, -0.1) is 0 Å². The van der Waals surface area contributed by atoms with Gasteiger partial charge >= 0.3 is 0 Å². The lowest BCUT2D eigenvalue weighted by atomic mass is 10.0. The molecule has 0 aliphatic heterocycles. The van der Waals surface area contributed by atoms with Crippen LogP contribution in [0.3, 0.4) is 0 Å². The molecular weight excluding hydrogens is 456 g/mol. The Balaban J connectivity index is 1.27. The predicted octanol–water partition coefficient (Wildman–Crippen LogP) is 7.80. The van der Waals surface area contributed by atoms with Crippen LogP contribution in [0.15, 0.2) is 122 Å². The Labute approximate surface area is 216 Å². The molecule has 4 aromatic carbocycles. The number of nitrogens with zero attached hydrogens (tertiary/aromatic N) is 4. The second-order valence-electron chi connectivity index (χ2n) is 8.96. The third-order valence-electron chi connectivity index (χ3n) is 6.42. The second-order valence-corrected chi connectivity index (χ2v) is 8.96. The number of ether oxygens (including phenoxy) is 1. The molecule has 180 valence electrons. The summed E-state index contributed by atoms with van der Waals surface area (Å²) in [6, 6.07) is 36.6. The van der Waals surface area contributed by atoms with Crippen LogP contribution in [0.4, 0.5) is 0 Å². The van der Waals surface area contributed by atoms with Crippen LogP contribution in [-0.2, 0) is 0 Å². The van der Waals surface area contributed by atoms with Crippen LogP contribution in [-0.4, -0.2) is 19.6 Å². The van der Waals surface area contributed by atoms with Crippen molar-refractivity contribution < 1.29 is 4.74 Å². The summed E-state index contributed by atoms with van der Waals surface area (Å²) in [5, 5.41) is 9.40. The van der Waals surface area contributed by atoms with Crippen molar-refractivity contribution in [1.82, 2.24) is 19.6 Å². The van der Waals surface area contributed by atoms with E-state index < -0.39 is 0 Å². The molecule has 0 aliphatic carbocycles. The van der Waals surface area contributed by atoms with Crippen molar-refractivity contribution in [2.24, 2.45) is 0 Å². The lowest BCUT2D eigenvalue weighted by Crippen LogP contribution is -1.99. The minimum atomic E-state index is 0.741. The van der Waals surface area contributed by atoms with Crippen molar-refractivity contribution in [2.75, 3.05) is 0 Å². The fraction of sp³-hybridized carbons (Fsp3) is 0.0625. The van der Waals surface area contributed by atoms with E-state index in [-0.39, 0.29) is 0 Å². The molecule has 6 aromatic rings. The smallest absolute Gasteiger partial charge is 0.129 e. The highest BCUT2D eigenvalue weighted by molar-refractivity contribution is 5.69. The molecule has 0 aliphatic rings. The summed E-state index contributed by atoms with van der Waals surface area (Å²) in [6.07, 6.45) is 3.91. The zero-order chi connectivity index (χ0) is 25.2. The fourth-order valence-corrected chi connectivity index (χ4v) is 4.66. The number of hydrogen-bond donors (Lipinski definition) is 0. The number of benzene rings is 4. The first-order valence-corrected chi connectivity index (χ1v) is 12.3. The number of aromatic nitrogens is 4. The zero-order valence-corrected chi connectivity index (χ0v) is 20.7. The van der Waals surface area contributed by atoms with Gasteiger partial charge in [-0.25, -0.2) is 9.36 Å². The molecule has 5 nitrogen and oxygen atoms in total. The number of hydrogen-bond acceptors (Lipinski definition) is 3. The monoisotopic (exact) mass is 482 g/mol. The molecule has 0 unspecified atom stereocenters. The normalized spacial score (nSPS) is 11.0. The van der Waals surface area contributed by atoms with Crippen molar-refractivity contribution in [3.63, 3.8) is 0 Å². The van der Waals surface area contributed by atoms with Crippen LogP contribution in [0.25, 0.3) is 33.6 Å². The molecule has 0 spiro atoms. The van der Waals surface area contributed by atoms with Crippen LogP contribution < -0.4 is 4.74 Å². The molecule has 37 heavy (non-hydrogen) atoms. The summed E-state index contributed by atoms with van der Waals surface area (Å²) >= 11 is 0. The van der Waals surface area contributed by atoms with Gasteiger partial charge < -0.3 is 4.74 Å². The van der Waals surface area contributed by atoms with E-state index in [9.17, 15) is 0 Å². The van der Waals surface area contributed by atoms with Crippen molar-refractivity contribution in [3.8, 4) is 45.1 Å². The first-order valence-electron chi connectivity index (χ1n) is 12.3. The predicted molar refractivity (Wildman–Crippen MR) is 148 cm³/mol. The third kappa shape index (κ3) is 4.55. The lowest BCUT2D eigenvalue weighted by molar-refractivity contribution is 0.481. The van der Waals surface area contributed by atoms with Gasteiger partial charge in [0.05, 0.1) is 23.3 Å². The van der Waals surface area contributed by atoms with Gasteiger partial charge in [0.15, 0.2) is 0 Å². The molecule has 6 rings (SSSR count). The standard InChI is InChI=1S/C32H26N4O/c1-23-32(26-13-7-4-8-14-26)24(2)36(34-23)29-16-10-18-31(20-29)37-30-17-9-15-28(19-30)35-22-27(21-33-35)25-11-5-3-6-12-25/h3-22H,1-2H3. The van der Waals surface area contributed by atoms with E-state index in [1.54, 1.807) is 0 Å². The molecule has 0 amide bonds. The van der Waals surface area contributed by atoms with Gasteiger partial charge in [0.25, 0.3) is 0 Å². The molecule has 0 N–H and O–H groups in total. The van der Waals surface area contributed by atoms with Crippen molar-refractivity contribution in [3.05, 3.63) is 133 Å². The van der Waals surface area contributed by atoms with E-state index in [0.717, 1.165) is 51.0 Å². The Morgan fingerprint density at radius 1 is 0.622 bits per heavy atom. The van der Waals surface area contributed by atoms with E-state index in [1.165, 1.54) is 5.56 Å². The van der Waals surface area contributed by atoms with Gasteiger partial charge in [-0.3, -0.25) is 0 Å². The van der Waals surface area contributed by atoms with Crippen LogP contribution >= 0.6 is 0 Å². The van der Waals surface area contributed by atoms with Crippen molar-refractivity contribution >= 4 is 0 Å². The second kappa shape index (κ2) is 9.63. The maximum atomic E-state index is 6.27. The molecule has 0 atom stereocenters. The van der Waals surface area contributed by atoms with Gasteiger partial charge in [0, 0.05) is 35.2 Å². The van der Waals surface area contributed by atoms with E-state index in [1.807, 2.05) is 94.6 Å². The molecule has 0 saturated carbocycles. The Kier molecular flexibility index (Phi) is 5.87. The van der Waals surface area contributed by atoms with Gasteiger partial charge in [-0.1, -0.05) is 72.8 Å². The van der Waals surface area contributed by atoms with Gasteiger partial charge in [0.1, 0.15) is 11.5 Å². The molecule has 5 heteroatoms. The van der Waals surface area contributed by atoms with E-state index in [0.29, 0.717) is 0 Å². The van der Waals surface area contributed by atoms with E-state index >= 15 is 0 Å².